The fourth-order valence-electron chi connectivity index (χ4n) is 2.19. The Hall–Kier alpha value is -1.72. The molecule has 1 saturated heterocycles. The molecule has 1 N–H and O–H groups in total. The van der Waals surface area contributed by atoms with Crippen LogP contribution in [-0.4, -0.2) is 38.7 Å². The molecule has 0 atom stereocenters. The molecule has 3 rings (SSSR count). The number of likely N-dealkylation sites (tertiary alicyclic amines) is 1. The van der Waals surface area contributed by atoms with Gasteiger partial charge in [-0.1, -0.05) is 23.2 Å². The SMILES string of the molecule is O=C(O)N1CC(c2cn(-c3ccc(Cl)cc3Cl)cn2)C1. The molecule has 0 saturated carbocycles. The van der Waals surface area contributed by atoms with Gasteiger partial charge in [0.1, 0.15) is 0 Å². The maximum absolute atomic E-state index is 10.7. The molecule has 20 heavy (non-hydrogen) atoms. The molecule has 5 nitrogen and oxygen atoms in total. The number of carboxylic acid groups (broad SMARTS) is 1. The van der Waals surface area contributed by atoms with Crippen LogP contribution in [0.1, 0.15) is 11.6 Å². The summed E-state index contributed by atoms with van der Waals surface area (Å²) in [5, 5.41) is 9.94. The summed E-state index contributed by atoms with van der Waals surface area (Å²) in [4.78, 5) is 16.4. The van der Waals surface area contributed by atoms with Crippen molar-refractivity contribution in [2.45, 2.75) is 5.92 Å². The van der Waals surface area contributed by atoms with Gasteiger partial charge in [0.2, 0.25) is 0 Å². The fraction of sp³-hybridized carbons (Fsp3) is 0.231. The van der Waals surface area contributed by atoms with Crippen molar-refractivity contribution in [3.8, 4) is 5.69 Å². The zero-order valence-electron chi connectivity index (χ0n) is 10.3. The van der Waals surface area contributed by atoms with Crippen molar-refractivity contribution >= 4 is 29.3 Å². The van der Waals surface area contributed by atoms with E-state index in [0.29, 0.717) is 23.1 Å². The number of carbonyl (C=O) groups is 1. The fourth-order valence-corrected chi connectivity index (χ4v) is 2.70. The number of benzene rings is 1. The van der Waals surface area contributed by atoms with Gasteiger partial charge >= 0.3 is 6.09 Å². The summed E-state index contributed by atoms with van der Waals surface area (Å²) < 4.78 is 1.82. The van der Waals surface area contributed by atoms with Crippen LogP contribution in [0.4, 0.5) is 4.79 Å². The highest BCUT2D eigenvalue weighted by molar-refractivity contribution is 6.35. The lowest BCUT2D eigenvalue weighted by Gasteiger charge is -2.35. The van der Waals surface area contributed by atoms with Crippen LogP contribution in [-0.2, 0) is 0 Å². The van der Waals surface area contributed by atoms with Crippen molar-refractivity contribution in [2.24, 2.45) is 0 Å². The predicted octanol–water partition coefficient (Wildman–Crippen LogP) is 3.26. The highest BCUT2D eigenvalue weighted by Crippen LogP contribution is 2.28. The van der Waals surface area contributed by atoms with Crippen LogP contribution in [0, 0.1) is 0 Å². The molecular weight excluding hydrogens is 301 g/mol. The van der Waals surface area contributed by atoms with Crippen LogP contribution in [0.25, 0.3) is 5.69 Å². The third-order valence-electron chi connectivity index (χ3n) is 3.36. The average Bonchev–Trinajstić information content (AvgIpc) is 2.75. The molecule has 1 aliphatic heterocycles. The minimum absolute atomic E-state index is 0.151. The topological polar surface area (TPSA) is 58.4 Å². The van der Waals surface area contributed by atoms with Gasteiger partial charge in [0.15, 0.2) is 0 Å². The van der Waals surface area contributed by atoms with E-state index in [1.165, 1.54) is 4.90 Å². The Morgan fingerprint density at radius 3 is 2.75 bits per heavy atom. The number of halogens is 2. The first-order valence-electron chi connectivity index (χ1n) is 6.02. The average molecular weight is 312 g/mol. The molecule has 2 aromatic rings. The standard InChI is InChI=1S/C13H11Cl2N3O2/c14-9-1-2-12(10(15)3-9)18-6-11(16-7-18)8-4-17(5-8)13(19)20/h1-3,6-8H,4-5H2,(H,19,20). The molecule has 0 bridgehead atoms. The van der Waals surface area contributed by atoms with E-state index in [9.17, 15) is 4.79 Å². The lowest BCUT2D eigenvalue weighted by atomic mass is 9.98. The van der Waals surface area contributed by atoms with Crippen LogP contribution in [0.2, 0.25) is 10.0 Å². The van der Waals surface area contributed by atoms with Crippen LogP contribution >= 0.6 is 23.2 Å². The molecule has 104 valence electrons. The van der Waals surface area contributed by atoms with Gasteiger partial charge in [0.05, 0.1) is 22.7 Å². The molecule has 1 aromatic carbocycles. The molecule has 1 fully saturated rings. The Morgan fingerprint density at radius 1 is 1.35 bits per heavy atom. The predicted molar refractivity (Wildman–Crippen MR) is 75.9 cm³/mol. The summed E-state index contributed by atoms with van der Waals surface area (Å²) in [7, 11) is 0. The Balaban J connectivity index is 1.79. The number of hydrogen-bond donors (Lipinski definition) is 1. The van der Waals surface area contributed by atoms with Crippen LogP contribution in [0.5, 0.6) is 0 Å². The highest BCUT2D eigenvalue weighted by Gasteiger charge is 2.33. The summed E-state index contributed by atoms with van der Waals surface area (Å²) >= 11 is 12.0. The Labute approximate surface area is 125 Å². The van der Waals surface area contributed by atoms with E-state index in [2.05, 4.69) is 4.98 Å². The summed E-state index contributed by atoms with van der Waals surface area (Å²) in [6.07, 6.45) is 2.66. The lowest BCUT2D eigenvalue weighted by molar-refractivity contribution is 0.104. The summed E-state index contributed by atoms with van der Waals surface area (Å²) in [5.41, 5.74) is 1.66. The molecule has 2 heterocycles. The Kier molecular flexibility index (Phi) is 3.31. The maximum Gasteiger partial charge on any atom is 0.407 e. The second-order valence-electron chi connectivity index (χ2n) is 4.69. The van der Waals surface area contributed by atoms with E-state index < -0.39 is 6.09 Å². The van der Waals surface area contributed by atoms with Crippen LogP contribution in [0.15, 0.2) is 30.7 Å². The van der Waals surface area contributed by atoms with Crippen molar-refractivity contribution in [2.75, 3.05) is 13.1 Å². The Morgan fingerprint density at radius 2 is 2.10 bits per heavy atom. The van der Waals surface area contributed by atoms with Crippen molar-refractivity contribution in [3.05, 3.63) is 46.5 Å². The first kappa shape index (κ1) is 13.3. The largest absolute Gasteiger partial charge is 0.465 e. The zero-order valence-corrected chi connectivity index (χ0v) is 11.8. The van der Waals surface area contributed by atoms with E-state index in [-0.39, 0.29) is 5.92 Å². The lowest BCUT2D eigenvalue weighted by Crippen LogP contribution is -2.47. The van der Waals surface area contributed by atoms with Gasteiger partial charge in [-0.05, 0) is 18.2 Å². The quantitative estimate of drug-likeness (QED) is 0.926. The van der Waals surface area contributed by atoms with Gasteiger partial charge in [-0.15, -0.1) is 0 Å². The molecule has 0 spiro atoms. The minimum Gasteiger partial charge on any atom is -0.465 e. The van der Waals surface area contributed by atoms with Gasteiger partial charge in [0, 0.05) is 30.2 Å². The third kappa shape index (κ3) is 2.34. The summed E-state index contributed by atoms with van der Waals surface area (Å²) in [6.45, 7) is 0.974. The molecular formula is C13H11Cl2N3O2. The molecule has 1 amide bonds. The van der Waals surface area contributed by atoms with Gasteiger partial charge < -0.3 is 14.6 Å². The molecule has 0 radical (unpaired) electrons. The van der Waals surface area contributed by atoms with E-state index in [0.717, 1.165) is 11.4 Å². The number of imidazole rings is 1. The van der Waals surface area contributed by atoms with E-state index in [1.54, 1.807) is 18.5 Å². The molecule has 1 aromatic heterocycles. The number of amides is 1. The first-order valence-corrected chi connectivity index (χ1v) is 6.77. The van der Waals surface area contributed by atoms with E-state index >= 15 is 0 Å². The smallest absolute Gasteiger partial charge is 0.407 e. The molecule has 1 aliphatic rings. The van der Waals surface area contributed by atoms with Crippen molar-refractivity contribution in [1.82, 2.24) is 14.5 Å². The highest BCUT2D eigenvalue weighted by atomic mass is 35.5. The van der Waals surface area contributed by atoms with E-state index in [1.807, 2.05) is 16.8 Å². The number of rotatable bonds is 2. The molecule has 7 heteroatoms. The van der Waals surface area contributed by atoms with Gasteiger partial charge in [-0.3, -0.25) is 0 Å². The normalized spacial score (nSPS) is 15.2. The first-order chi connectivity index (χ1) is 9.54. The Bertz CT molecular complexity index is 665. The monoisotopic (exact) mass is 311 g/mol. The second kappa shape index (κ2) is 5.00. The van der Waals surface area contributed by atoms with E-state index in [4.69, 9.17) is 28.3 Å². The number of nitrogens with zero attached hydrogens (tertiary/aromatic N) is 3. The van der Waals surface area contributed by atoms with Crippen molar-refractivity contribution < 1.29 is 9.90 Å². The maximum atomic E-state index is 10.7. The molecule has 0 aliphatic carbocycles. The number of aromatic nitrogens is 2. The van der Waals surface area contributed by atoms with Gasteiger partial charge in [-0.25, -0.2) is 9.78 Å². The van der Waals surface area contributed by atoms with Crippen molar-refractivity contribution in [1.29, 1.82) is 0 Å². The molecule has 0 unspecified atom stereocenters. The summed E-state index contributed by atoms with van der Waals surface area (Å²) in [5.74, 6) is 0.151. The van der Waals surface area contributed by atoms with Gasteiger partial charge in [0.25, 0.3) is 0 Å². The van der Waals surface area contributed by atoms with Gasteiger partial charge in [-0.2, -0.15) is 0 Å². The second-order valence-corrected chi connectivity index (χ2v) is 5.53. The minimum atomic E-state index is -0.888. The number of hydrogen-bond acceptors (Lipinski definition) is 2. The van der Waals surface area contributed by atoms with Crippen LogP contribution < -0.4 is 0 Å². The van der Waals surface area contributed by atoms with Crippen molar-refractivity contribution in [3.63, 3.8) is 0 Å². The third-order valence-corrected chi connectivity index (χ3v) is 3.90. The summed E-state index contributed by atoms with van der Waals surface area (Å²) in [6, 6.07) is 5.26. The zero-order chi connectivity index (χ0) is 14.3. The van der Waals surface area contributed by atoms with Crippen LogP contribution in [0.3, 0.4) is 0 Å².